The predicted molar refractivity (Wildman–Crippen MR) is 83.9 cm³/mol. The molecule has 0 spiro atoms. The van der Waals surface area contributed by atoms with Crippen molar-refractivity contribution in [3.63, 3.8) is 0 Å². The Hall–Kier alpha value is -2.21. The van der Waals surface area contributed by atoms with Crippen LogP contribution in [0.25, 0.3) is 11.4 Å². The van der Waals surface area contributed by atoms with Gasteiger partial charge in [-0.15, -0.1) is 0 Å². The molecule has 1 heterocycles. The van der Waals surface area contributed by atoms with E-state index < -0.39 is 0 Å². The van der Waals surface area contributed by atoms with E-state index in [2.05, 4.69) is 29.2 Å². The van der Waals surface area contributed by atoms with Gasteiger partial charge in [0, 0.05) is 11.6 Å². The molecule has 1 aromatic heterocycles. The van der Waals surface area contributed by atoms with E-state index in [4.69, 9.17) is 10.3 Å². The molecule has 6 heteroatoms. The Morgan fingerprint density at radius 3 is 2.55 bits per heavy atom. The van der Waals surface area contributed by atoms with Crippen LogP contribution in [-0.2, 0) is 17.8 Å². The minimum Gasteiger partial charge on any atom is -0.369 e. The molecule has 0 saturated carbocycles. The van der Waals surface area contributed by atoms with E-state index in [1.807, 2.05) is 30.9 Å². The fourth-order valence-corrected chi connectivity index (χ4v) is 2.12. The molecule has 2 N–H and O–H groups in total. The van der Waals surface area contributed by atoms with Crippen LogP contribution in [0.3, 0.4) is 0 Å². The monoisotopic (exact) mass is 302 g/mol. The van der Waals surface area contributed by atoms with Gasteiger partial charge in [0.15, 0.2) is 0 Å². The maximum absolute atomic E-state index is 11.1. The van der Waals surface area contributed by atoms with E-state index in [1.165, 1.54) is 5.56 Å². The molecule has 2 rings (SSSR count). The van der Waals surface area contributed by atoms with Crippen molar-refractivity contribution in [3.8, 4) is 11.4 Å². The van der Waals surface area contributed by atoms with Crippen LogP contribution < -0.4 is 5.73 Å². The van der Waals surface area contributed by atoms with Gasteiger partial charge < -0.3 is 10.3 Å². The van der Waals surface area contributed by atoms with Gasteiger partial charge in [-0.25, -0.2) is 0 Å². The molecule has 2 aromatic rings. The maximum Gasteiger partial charge on any atom is 0.241 e. The molecular formula is C16H22N4O2. The van der Waals surface area contributed by atoms with E-state index in [1.54, 1.807) is 0 Å². The topological polar surface area (TPSA) is 85.3 Å². The SMILES string of the molecule is CCc1ccc(-c2noc(CN(CC(N)=O)C(C)C)n2)cc1. The van der Waals surface area contributed by atoms with Crippen LogP contribution in [0.15, 0.2) is 28.8 Å². The Labute approximate surface area is 130 Å². The number of aryl methyl sites for hydroxylation is 1. The lowest BCUT2D eigenvalue weighted by atomic mass is 10.1. The average molecular weight is 302 g/mol. The number of benzene rings is 1. The minimum absolute atomic E-state index is 0.159. The highest BCUT2D eigenvalue weighted by molar-refractivity contribution is 5.75. The van der Waals surface area contributed by atoms with Crippen LogP contribution >= 0.6 is 0 Å². The smallest absolute Gasteiger partial charge is 0.241 e. The van der Waals surface area contributed by atoms with Crippen LogP contribution in [0.4, 0.5) is 0 Å². The summed E-state index contributed by atoms with van der Waals surface area (Å²) in [6.07, 6.45) is 0.994. The summed E-state index contributed by atoms with van der Waals surface area (Å²) in [5.41, 5.74) is 7.44. The Morgan fingerprint density at radius 2 is 2.00 bits per heavy atom. The molecule has 6 nitrogen and oxygen atoms in total. The van der Waals surface area contributed by atoms with Crippen LogP contribution in [-0.4, -0.2) is 33.5 Å². The van der Waals surface area contributed by atoms with Crippen LogP contribution in [0.1, 0.15) is 32.2 Å². The first-order valence-corrected chi connectivity index (χ1v) is 7.43. The predicted octanol–water partition coefficient (Wildman–Crippen LogP) is 1.99. The Morgan fingerprint density at radius 1 is 1.32 bits per heavy atom. The summed E-state index contributed by atoms with van der Waals surface area (Å²) < 4.78 is 5.28. The van der Waals surface area contributed by atoms with Crippen LogP contribution in [0.5, 0.6) is 0 Å². The highest BCUT2D eigenvalue weighted by Gasteiger charge is 2.17. The van der Waals surface area contributed by atoms with Crippen LogP contribution in [0, 0.1) is 0 Å². The van der Waals surface area contributed by atoms with Crippen molar-refractivity contribution < 1.29 is 9.32 Å². The van der Waals surface area contributed by atoms with Gasteiger partial charge in [0.2, 0.25) is 17.6 Å². The minimum atomic E-state index is -0.372. The standard InChI is InChI=1S/C16H22N4O2/c1-4-12-5-7-13(8-6-12)16-18-15(22-19-16)10-20(11(2)3)9-14(17)21/h5-8,11H,4,9-10H2,1-3H3,(H2,17,21). The van der Waals surface area contributed by atoms with Gasteiger partial charge in [0.25, 0.3) is 0 Å². The number of nitrogens with two attached hydrogens (primary N) is 1. The molecule has 0 aliphatic carbocycles. The second-order valence-electron chi connectivity index (χ2n) is 5.53. The fraction of sp³-hybridized carbons (Fsp3) is 0.438. The molecule has 0 saturated heterocycles. The lowest BCUT2D eigenvalue weighted by molar-refractivity contribution is -0.119. The van der Waals surface area contributed by atoms with Crippen molar-refractivity contribution in [3.05, 3.63) is 35.7 Å². The molecule has 0 aliphatic heterocycles. The van der Waals surface area contributed by atoms with Crippen molar-refractivity contribution in [2.75, 3.05) is 6.54 Å². The third kappa shape index (κ3) is 4.14. The summed E-state index contributed by atoms with van der Waals surface area (Å²) in [4.78, 5) is 17.4. The van der Waals surface area contributed by atoms with Gasteiger partial charge in [0.1, 0.15) is 0 Å². The van der Waals surface area contributed by atoms with E-state index in [0.717, 1.165) is 12.0 Å². The zero-order chi connectivity index (χ0) is 16.1. The number of nitrogens with zero attached hydrogens (tertiary/aromatic N) is 3. The van der Waals surface area contributed by atoms with Gasteiger partial charge in [-0.05, 0) is 25.8 Å². The van der Waals surface area contributed by atoms with Crippen molar-refractivity contribution in [1.82, 2.24) is 15.0 Å². The first-order valence-electron chi connectivity index (χ1n) is 7.43. The van der Waals surface area contributed by atoms with Gasteiger partial charge >= 0.3 is 0 Å². The number of hydrogen-bond acceptors (Lipinski definition) is 5. The molecule has 0 aliphatic rings. The number of primary amides is 1. The first kappa shape index (κ1) is 16.2. The maximum atomic E-state index is 11.1. The summed E-state index contributed by atoms with van der Waals surface area (Å²) in [5, 5.41) is 4.00. The molecule has 118 valence electrons. The number of rotatable bonds is 7. The molecule has 0 atom stereocenters. The van der Waals surface area contributed by atoms with Crippen LogP contribution in [0.2, 0.25) is 0 Å². The van der Waals surface area contributed by atoms with Crippen molar-refractivity contribution in [2.24, 2.45) is 5.73 Å². The summed E-state index contributed by atoms with van der Waals surface area (Å²) in [6, 6.07) is 8.23. The molecule has 1 aromatic carbocycles. The molecule has 22 heavy (non-hydrogen) atoms. The number of aromatic nitrogens is 2. The second kappa shape index (κ2) is 7.17. The largest absolute Gasteiger partial charge is 0.369 e. The highest BCUT2D eigenvalue weighted by Crippen LogP contribution is 2.17. The Kier molecular flexibility index (Phi) is 5.27. The molecular weight excluding hydrogens is 280 g/mol. The molecule has 0 fully saturated rings. The molecule has 0 bridgehead atoms. The summed E-state index contributed by atoms with van der Waals surface area (Å²) >= 11 is 0. The number of carbonyl (C=O) groups excluding carboxylic acids is 1. The van der Waals surface area contributed by atoms with Gasteiger partial charge in [-0.3, -0.25) is 9.69 Å². The lowest BCUT2D eigenvalue weighted by Gasteiger charge is -2.22. The number of hydrogen-bond donors (Lipinski definition) is 1. The van der Waals surface area contributed by atoms with E-state index >= 15 is 0 Å². The lowest BCUT2D eigenvalue weighted by Crippen LogP contribution is -2.38. The zero-order valence-corrected chi connectivity index (χ0v) is 13.2. The number of amides is 1. The van der Waals surface area contributed by atoms with Gasteiger partial charge in [-0.2, -0.15) is 4.98 Å². The zero-order valence-electron chi connectivity index (χ0n) is 13.2. The molecule has 0 unspecified atom stereocenters. The fourth-order valence-electron chi connectivity index (χ4n) is 2.12. The Balaban J connectivity index is 2.11. The molecule has 0 radical (unpaired) electrons. The Bertz CT molecular complexity index is 619. The van der Waals surface area contributed by atoms with Crippen molar-refractivity contribution >= 4 is 5.91 Å². The van der Waals surface area contributed by atoms with Gasteiger partial charge in [-0.1, -0.05) is 36.3 Å². The van der Waals surface area contributed by atoms with Crippen molar-refractivity contribution in [1.29, 1.82) is 0 Å². The summed E-state index contributed by atoms with van der Waals surface area (Å²) in [6.45, 7) is 6.66. The highest BCUT2D eigenvalue weighted by atomic mass is 16.5. The van der Waals surface area contributed by atoms with E-state index in [-0.39, 0.29) is 18.5 Å². The second-order valence-corrected chi connectivity index (χ2v) is 5.53. The summed E-state index contributed by atoms with van der Waals surface area (Å²) in [5.74, 6) is 0.661. The summed E-state index contributed by atoms with van der Waals surface area (Å²) in [7, 11) is 0. The van der Waals surface area contributed by atoms with E-state index in [0.29, 0.717) is 18.3 Å². The van der Waals surface area contributed by atoms with Gasteiger partial charge in [0.05, 0.1) is 13.1 Å². The first-order chi connectivity index (χ1) is 10.5. The normalized spacial score (nSPS) is 11.3. The van der Waals surface area contributed by atoms with E-state index in [9.17, 15) is 4.79 Å². The number of carbonyl (C=O) groups is 1. The third-order valence-electron chi connectivity index (χ3n) is 3.52. The quantitative estimate of drug-likeness (QED) is 0.845. The molecule has 1 amide bonds. The van der Waals surface area contributed by atoms with Crippen molar-refractivity contribution in [2.45, 2.75) is 39.8 Å². The average Bonchev–Trinajstić information content (AvgIpc) is 2.94. The third-order valence-corrected chi connectivity index (χ3v) is 3.52.